The molecule has 0 saturated heterocycles. The number of rotatable bonds is 0. The summed E-state index contributed by atoms with van der Waals surface area (Å²) in [6.45, 7) is 0. The molecular weight excluding hydrogens is 234 g/mol. The van der Waals surface area contributed by atoms with Gasteiger partial charge < -0.3 is 5.11 Å². The summed E-state index contributed by atoms with van der Waals surface area (Å²) in [4.78, 5) is 0. The van der Waals surface area contributed by atoms with Crippen LogP contribution in [0.4, 0.5) is 4.39 Å². The van der Waals surface area contributed by atoms with Gasteiger partial charge in [0.2, 0.25) is 0 Å². The first-order valence-electron chi connectivity index (χ1n) is 2.26. The average molecular weight is 237 g/mol. The van der Waals surface area contributed by atoms with E-state index in [2.05, 4.69) is 6.07 Å². The van der Waals surface area contributed by atoms with Gasteiger partial charge in [0.15, 0.2) is 0 Å². The number of phenols is 1. The number of hydrogen-bond donors (Lipinski definition) is 1. The van der Waals surface area contributed by atoms with Gasteiger partial charge in [-0.3, -0.25) is 0 Å². The molecule has 0 bridgehead atoms. The van der Waals surface area contributed by atoms with Gasteiger partial charge in [-0.15, -0.1) is 0 Å². The number of phenolic OH excluding ortho intramolecular Hbond substituents is 1. The van der Waals surface area contributed by atoms with Crippen LogP contribution in [0, 0.1) is 15.5 Å². The van der Waals surface area contributed by atoms with E-state index in [-0.39, 0.29) is 9.32 Å². The van der Waals surface area contributed by atoms with Gasteiger partial charge >= 0.3 is 0 Å². The predicted octanol–water partition coefficient (Wildman–Crippen LogP) is 1.94. The van der Waals surface area contributed by atoms with E-state index >= 15 is 0 Å². The van der Waals surface area contributed by atoms with Gasteiger partial charge in [0.05, 0.1) is 3.57 Å². The molecule has 1 N–H and O–H groups in total. The Hall–Kier alpha value is -0.320. The minimum absolute atomic E-state index is 0.129. The zero-order chi connectivity index (χ0) is 6.85. The van der Waals surface area contributed by atoms with E-state index in [0.29, 0.717) is 0 Å². The minimum atomic E-state index is -0.410. The molecule has 0 aromatic heterocycles. The van der Waals surface area contributed by atoms with E-state index in [9.17, 15) is 4.39 Å². The maximum absolute atomic E-state index is 12.4. The lowest BCUT2D eigenvalue weighted by Gasteiger charge is -1.93. The molecule has 1 aromatic carbocycles. The second-order valence-corrected chi connectivity index (χ2v) is 2.57. The van der Waals surface area contributed by atoms with Crippen LogP contribution >= 0.6 is 22.6 Å². The van der Waals surface area contributed by atoms with Crippen LogP contribution in [0.25, 0.3) is 0 Å². The molecule has 47 valence electrons. The quantitative estimate of drug-likeness (QED) is 0.683. The Morgan fingerprint density at radius 3 is 2.78 bits per heavy atom. The number of benzene rings is 1. The summed E-state index contributed by atoms with van der Waals surface area (Å²) in [5, 5.41) is 8.80. The van der Waals surface area contributed by atoms with Crippen molar-refractivity contribution in [2.45, 2.75) is 0 Å². The van der Waals surface area contributed by atoms with E-state index in [1.54, 1.807) is 22.6 Å². The second-order valence-electron chi connectivity index (χ2n) is 1.49. The summed E-state index contributed by atoms with van der Waals surface area (Å²) < 4.78 is 12.6. The van der Waals surface area contributed by atoms with Crippen LogP contribution in [0.1, 0.15) is 0 Å². The Morgan fingerprint density at radius 2 is 2.33 bits per heavy atom. The van der Waals surface area contributed by atoms with Crippen molar-refractivity contribution < 1.29 is 9.50 Å². The van der Waals surface area contributed by atoms with E-state index in [1.807, 2.05) is 0 Å². The van der Waals surface area contributed by atoms with Crippen molar-refractivity contribution in [1.29, 1.82) is 0 Å². The molecule has 0 amide bonds. The van der Waals surface area contributed by atoms with Crippen LogP contribution in [-0.2, 0) is 0 Å². The Balaban J connectivity index is 3.25. The monoisotopic (exact) mass is 237 g/mol. The molecule has 9 heavy (non-hydrogen) atoms. The molecule has 1 rings (SSSR count). The standard InChI is InChI=1S/C6H3FIO/c7-4-2-1-3-5(9)6(4)8/h1-2,9H. The van der Waals surface area contributed by atoms with Crippen molar-refractivity contribution in [2.75, 3.05) is 0 Å². The maximum Gasteiger partial charge on any atom is 0.140 e. The molecule has 0 saturated carbocycles. The average Bonchev–Trinajstić information content (AvgIpc) is 1.83. The third-order valence-electron chi connectivity index (χ3n) is 0.867. The highest BCUT2D eigenvalue weighted by atomic mass is 127. The molecule has 3 heteroatoms. The molecule has 0 unspecified atom stereocenters. The normalized spacial score (nSPS) is 9.56. The van der Waals surface area contributed by atoms with Crippen molar-refractivity contribution in [3.63, 3.8) is 0 Å². The van der Waals surface area contributed by atoms with Crippen LogP contribution in [0.15, 0.2) is 12.1 Å². The fourth-order valence-electron chi connectivity index (χ4n) is 0.443. The molecule has 0 aliphatic carbocycles. The minimum Gasteiger partial charge on any atom is -0.506 e. The van der Waals surface area contributed by atoms with Gasteiger partial charge in [-0.05, 0) is 34.7 Å². The van der Waals surface area contributed by atoms with Crippen LogP contribution in [0.3, 0.4) is 0 Å². The highest BCUT2D eigenvalue weighted by molar-refractivity contribution is 14.1. The summed E-state index contributed by atoms with van der Waals surface area (Å²) in [5.74, 6) is -0.539. The molecular formula is C6H3FIO. The maximum atomic E-state index is 12.4. The van der Waals surface area contributed by atoms with Crippen LogP contribution < -0.4 is 0 Å². The Kier molecular flexibility index (Phi) is 1.90. The van der Waals surface area contributed by atoms with Gasteiger partial charge in [-0.1, -0.05) is 0 Å². The smallest absolute Gasteiger partial charge is 0.140 e. The molecule has 1 aromatic rings. The van der Waals surface area contributed by atoms with Crippen molar-refractivity contribution in [3.8, 4) is 5.75 Å². The van der Waals surface area contributed by atoms with Crippen LogP contribution in [0.5, 0.6) is 5.75 Å². The lowest BCUT2D eigenvalue weighted by molar-refractivity contribution is 0.462. The molecule has 0 atom stereocenters. The fourth-order valence-corrected chi connectivity index (χ4v) is 0.779. The first-order valence-corrected chi connectivity index (χ1v) is 3.34. The largest absolute Gasteiger partial charge is 0.506 e. The third kappa shape index (κ3) is 1.32. The molecule has 0 fully saturated rings. The summed E-state index contributed by atoms with van der Waals surface area (Å²) >= 11 is 1.71. The van der Waals surface area contributed by atoms with Crippen LogP contribution in [0.2, 0.25) is 0 Å². The summed E-state index contributed by atoms with van der Waals surface area (Å²) in [5.41, 5.74) is 0. The molecule has 0 aliphatic heterocycles. The number of hydrogen-bond acceptors (Lipinski definition) is 1. The SMILES string of the molecule is Oc1[c]ccc(F)c1I. The van der Waals surface area contributed by atoms with E-state index in [0.717, 1.165) is 0 Å². The topological polar surface area (TPSA) is 20.2 Å². The highest BCUT2D eigenvalue weighted by Crippen LogP contribution is 2.20. The van der Waals surface area contributed by atoms with Crippen molar-refractivity contribution in [2.24, 2.45) is 0 Å². The van der Waals surface area contributed by atoms with Crippen LogP contribution in [-0.4, -0.2) is 5.11 Å². The first kappa shape index (κ1) is 6.80. The van der Waals surface area contributed by atoms with Gasteiger partial charge in [-0.2, -0.15) is 0 Å². The molecule has 1 radical (unpaired) electrons. The molecule has 0 aliphatic rings. The molecule has 0 spiro atoms. The second kappa shape index (κ2) is 2.51. The molecule has 1 nitrogen and oxygen atoms in total. The Labute approximate surface area is 65.7 Å². The van der Waals surface area contributed by atoms with E-state index in [1.165, 1.54) is 12.1 Å². The van der Waals surface area contributed by atoms with E-state index in [4.69, 9.17) is 5.11 Å². The Bertz CT molecular complexity index is 204. The summed E-state index contributed by atoms with van der Waals surface area (Å²) in [6, 6.07) is 5.04. The zero-order valence-electron chi connectivity index (χ0n) is 4.36. The summed E-state index contributed by atoms with van der Waals surface area (Å²) in [7, 11) is 0. The number of halogens is 2. The third-order valence-corrected chi connectivity index (χ3v) is 1.89. The first-order chi connectivity index (χ1) is 4.22. The lowest BCUT2D eigenvalue weighted by atomic mass is 10.3. The molecule has 0 heterocycles. The van der Waals surface area contributed by atoms with Crippen molar-refractivity contribution >= 4 is 22.6 Å². The van der Waals surface area contributed by atoms with Gasteiger partial charge in [0.1, 0.15) is 11.6 Å². The predicted molar refractivity (Wildman–Crippen MR) is 39.6 cm³/mol. The summed E-state index contributed by atoms with van der Waals surface area (Å²) in [6.07, 6.45) is 0. The van der Waals surface area contributed by atoms with Gasteiger partial charge in [0.25, 0.3) is 0 Å². The lowest BCUT2D eigenvalue weighted by Crippen LogP contribution is -1.79. The van der Waals surface area contributed by atoms with Gasteiger partial charge in [0, 0.05) is 6.07 Å². The van der Waals surface area contributed by atoms with Gasteiger partial charge in [-0.25, -0.2) is 4.39 Å². The fraction of sp³-hybridized carbons (Fsp3) is 0. The highest BCUT2D eigenvalue weighted by Gasteiger charge is 2.01. The van der Waals surface area contributed by atoms with E-state index < -0.39 is 5.82 Å². The number of aromatic hydroxyl groups is 1. The Morgan fingerprint density at radius 1 is 1.67 bits per heavy atom. The van der Waals surface area contributed by atoms with Crippen molar-refractivity contribution in [3.05, 3.63) is 27.6 Å². The zero-order valence-corrected chi connectivity index (χ0v) is 6.52. The van der Waals surface area contributed by atoms with Crippen molar-refractivity contribution in [1.82, 2.24) is 0 Å².